The number of hydrogen-bond donors (Lipinski definition) is 1. The van der Waals surface area contributed by atoms with Gasteiger partial charge in [-0.25, -0.2) is 0 Å². The van der Waals surface area contributed by atoms with E-state index in [0.717, 1.165) is 92.2 Å². The molecule has 5 rings (SSSR count). The Hall–Kier alpha value is -4.97. The smallest absolute Gasteiger partial charge is 0.297 e. The van der Waals surface area contributed by atoms with Gasteiger partial charge in [0.2, 0.25) is 0 Å². The van der Waals surface area contributed by atoms with Crippen molar-refractivity contribution in [2.45, 2.75) is 67.3 Å². The number of para-hydroxylation sites is 1. The highest BCUT2D eigenvalue weighted by atomic mass is 16.5. The molecule has 0 amide bonds. The molecule has 248 valence electrons. The van der Waals surface area contributed by atoms with E-state index in [1.807, 2.05) is 26.8 Å². The van der Waals surface area contributed by atoms with Crippen molar-refractivity contribution >= 4 is 28.2 Å². The molecule has 1 aromatic heterocycles. The third-order valence-electron chi connectivity index (χ3n) is 9.07. The van der Waals surface area contributed by atoms with Crippen LogP contribution in [0.3, 0.4) is 0 Å². The Balaban J connectivity index is 1.37. The number of imidazole rings is 1. The maximum absolute atomic E-state index is 6.09. The fourth-order valence-corrected chi connectivity index (χ4v) is 6.04. The molecule has 48 heavy (non-hydrogen) atoms. The average Bonchev–Trinajstić information content (AvgIpc) is 3.66. The molecular weight excluding hydrogens is 590 g/mol. The second-order valence-electron chi connectivity index (χ2n) is 13.0. The van der Waals surface area contributed by atoms with Crippen molar-refractivity contribution in [1.82, 2.24) is 14.9 Å². The largest absolute Gasteiger partial charge is 0.465 e. The fraction of sp³-hybridized carbons (Fsp3) is 0.310. The lowest BCUT2D eigenvalue weighted by Gasteiger charge is -2.17. The van der Waals surface area contributed by atoms with E-state index in [1.165, 1.54) is 5.57 Å². The molecule has 1 unspecified atom stereocenters. The normalized spacial score (nSPS) is 14.4. The summed E-state index contributed by atoms with van der Waals surface area (Å²) in [6.07, 6.45) is 2.97. The molecule has 0 spiro atoms. The number of aromatic nitrogens is 2. The summed E-state index contributed by atoms with van der Waals surface area (Å²) >= 11 is 0. The van der Waals surface area contributed by atoms with Gasteiger partial charge in [-0.05, 0) is 93.7 Å². The van der Waals surface area contributed by atoms with Crippen LogP contribution < -0.4 is 10.1 Å². The van der Waals surface area contributed by atoms with Crippen LogP contribution in [0.5, 0.6) is 6.01 Å². The molecule has 0 bridgehead atoms. The molecule has 4 aromatic rings. The van der Waals surface area contributed by atoms with Gasteiger partial charge in [0.1, 0.15) is 5.84 Å². The van der Waals surface area contributed by atoms with Crippen LogP contribution in [0.15, 0.2) is 119 Å². The lowest BCUT2D eigenvalue weighted by molar-refractivity contribution is 0.301. The van der Waals surface area contributed by atoms with E-state index in [9.17, 15) is 0 Å². The summed E-state index contributed by atoms with van der Waals surface area (Å²) in [7, 11) is 0. The first-order valence-electron chi connectivity index (χ1n) is 16.9. The molecule has 6 heteroatoms. The van der Waals surface area contributed by atoms with Crippen LogP contribution in [0.4, 0.5) is 0 Å². The van der Waals surface area contributed by atoms with Crippen LogP contribution in [-0.4, -0.2) is 34.3 Å². The van der Waals surface area contributed by atoms with Gasteiger partial charge in [-0.1, -0.05) is 92.9 Å². The number of hydrogen-bond acceptors (Lipinski definition) is 5. The molecule has 3 aromatic carbocycles. The van der Waals surface area contributed by atoms with E-state index in [4.69, 9.17) is 14.7 Å². The van der Waals surface area contributed by atoms with Crippen LogP contribution >= 0.6 is 0 Å². The first-order chi connectivity index (χ1) is 23.0. The molecule has 0 saturated carbocycles. The summed E-state index contributed by atoms with van der Waals surface area (Å²) < 4.78 is 8.29. The summed E-state index contributed by atoms with van der Waals surface area (Å²) in [5.41, 5.74) is 14.1. The van der Waals surface area contributed by atoms with Crippen molar-refractivity contribution in [3.05, 3.63) is 126 Å². The second-order valence-corrected chi connectivity index (χ2v) is 13.0. The highest BCUT2D eigenvalue weighted by Gasteiger charge is 2.19. The van der Waals surface area contributed by atoms with E-state index in [2.05, 4.69) is 116 Å². The predicted octanol–water partition coefficient (Wildman–Crippen LogP) is 10.2. The number of allylic oxidation sites excluding steroid dienone is 4. The zero-order valence-electron chi connectivity index (χ0n) is 29.5. The van der Waals surface area contributed by atoms with Crippen LogP contribution in [0.1, 0.15) is 77.5 Å². The van der Waals surface area contributed by atoms with Crippen LogP contribution in [0.2, 0.25) is 0 Å². The van der Waals surface area contributed by atoms with Gasteiger partial charge >= 0.3 is 0 Å². The summed E-state index contributed by atoms with van der Waals surface area (Å²) in [5.74, 6) is 1.33. The molecule has 0 fully saturated rings. The van der Waals surface area contributed by atoms with E-state index >= 15 is 0 Å². The highest BCUT2D eigenvalue weighted by Crippen LogP contribution is 2.34. The molecule has 1 atom stereocenters. The van der Waals surface area contributed by atoms with E-state index in [1.54, 1.807) is 0 Å². The Morgan fingerprint density at radius 1 is 0.979 bits per heavy atom. The van der Waals surface area contributed by atoms with Gasteiger partial charge in [-0.15, -0.1) is 0 Å². The van der Waals surface area contributed by atoms with Crippen LogP contribution in [-0.2, 0) is 6.54 Å². The second kappa shape index (κ2) is 15.3. The third kappa shape index (κ3) is 7.93. The third-order valence-corrected chi connectivity index (χ3v) is 9.07. The van der Waals surface area contributed by atoms with Crippen molar-refractivity contribution in [3.8, 4) is 17.1 Å². The number of benzene rings is 3. The Kier molecular flexibility index (Phi) is 10.9. The maximum atomic E-state index is 6.09. The summed E-state index contributed by atoms with van der Waals surface area (Å²) in [5, 5.41) is 3.32. The van der Waals surface area contributed by atoms with Crippen molar-refractivity contribution < 1.29 is 4.74 Å². The van der Waals surface area contributed by atoms with Crippen molar-refractivity contribution in [2.24, 2.45) is 15.9 Å². The van der Waals surface area contributed by atoms with Gasteiger partial charge in [-0.3, -0.25) is 14.6 Å². The molecule has 0 aliphatic carbocycles. The van der Waals surface area contributed by atoms with Crippen LogP contribution in [0.25, 0.3) is 27.7 Å². The maximum Gasteiger partial charge on any atom is 0.297 e. The van der Waals surface area contributed by atoms with Gasteiger partial charge in [0.05, 0.1) is 30.7 Å². The van der Waals surface area contributed by atoms with Gasteiger partial charge in [-0.2, -0.15) is 4.98 Å². The molecule has 1 aliphatic rings. The number of aliphatic imine (C=N–C) groups is 2. The minimum atomic E-state index is 0.461. The van der Waals surface area contributed by atoms with Crippen molar-refractivity contribution in [3.63, 3.8) is 0 Å². The zero-order valence-corrected chi connectivity index (χ0v) is 29.5. The van der Waals surface area contributed by atoms with Gasteiger partial charge in [0, 0.05) is 28.2 Å². The van der Waals surface area contributed by atoms with Crippen LogP contribution in [0, 0.1) is 5.92 Å². The standard InChI is InChI=1S/C42H49N5O/c1-10-48-42-46-39-17-13-16-36(30(6)24-28(4)18-19-29(5)33(9)45-32(8)27(2)3)40(39)47(42)26-34-20-22-35(23-21-34)37-14-11-12-15-38(37)41-43-25-31(7)44-41/h11-17,20-23,28H,2,6-7,10,18-19,24-26H2,1,3-5,8-9H3,(H,43,44)/b33-29+,45-32-. The number of amidine groups is 1. The molecule has 6 nitrogen and oxygen atoms in total. The number of ether oxygens (including phenoxy) is 1. The first-order valence-corrected chi connectivity index (χ1v) is 16.9. The first kappa shape index (κ1) is 34.4. The molecule has 1 aliphatic heterocycles. The Morgan fingerprint density at radius 2 is 1.71 bits per heavy atom. The lowest BCUT2D eigenvalue weighted by atomic mass is 9.91. The lowest BCUT2D eigenvalue weighted by Crippen LogP contribution is -2.18. The Bertz CT molecular complexity index is 1940. The number of fused-ring (bicyclic) bond motifs is 1. The number of rotatable bonds is 14. The summed E-state index contributed by atoms with van der Waals surface area (Å²) in [6.45, 7) is 27.0. The predicted molar refractivity (Wildman–Crippen MR) is 204 cm³/mol. The topological polar surface area (TPSA) is 63.8 Å². The molecular formula is C42H49N5O. The molecule has 1 N–H and O–H groups in total. The fourth-order valence-electron chi connectivity index (χ4n) is 6.04. The van der Waals surface area contributed by atoms with Gasteiger partial charge in [0.15, 0.2) is 0 Å². The van der Waals surface area contributed by atoms with Crippen molar-refractivity contribution in [2.75, 3.05) is 13.2 Å². The molecule has 2 heterocycles. The summed E-state index contributed by atoms with van der Waals surface area (Å²) in [6, 6.07) is 24.0. The minimum Gasteiger partial charge on any atom is -0.465 e. The molecule has 0 radical (unpaired) electrons. The van der Waals surface area contributed by atoms with Gasteiger partial charge in [0.25, 0.3) is 6.01 Å². The average molecular weight is 640 g/mol. The van der Waals surface area contributed by atoms with E-state index in [-0.39, 0.29) is 0 Å². The monoisotopic (exact) mass is 639 g/mol. The minimum absolute atomic E-state index is 0.461. The van der Waals surface area contributed by atoms with E-state index in [0.29, 0.717) is 31.6 Å². The number of nitrogens with one attached hydrogen (secondary N) is 1. The Morgan fingerprint density at radius 3 is 2.38 bits per heavy atom. The highest BCUT2D eigenvalue weighted by molar-refractivity contribution is 6.06. The SMILES string of the molecule is C=C1CN=C(c2ccccc2-c2ccc(Cn3c(OCC)nc4cccc(C(=C)CC(C)CC/C(C)=C(C)/N=C(/C)C(=C)C)c43)cc2)N1. The summed E-state index contributed by atoms with van der Waals surface area (Å²) in [4.78, 5) is 14.3. The quantitative estimate of drug-likeness (QED) is 0.140. The van der Waals surface area contributed by atoms with Gasteiger partial charge < -0.3 is 10.1 Å². The Labute approximate surface area is 286 Å². The zero-order chi connectivity index (χ0) is 34.4. The molecule has 0 saturated heterocycles. The van der Waals surface area contributed by atoms with Crippen molar-refractivity contribution in [1.29, 1.82) is 0 Å². The van der Waals surface area contributed by atoms with E-state index < -0.39 is 0 Å². The number of nitrogens with zero attached hydrogens (tertiary/aromatic N) is 4.